The second-order valence-corrected chi connectivity index (χ2v) is 6.58. The number of thiophene rings is 1. The Morgan fingerprint density at radius 3 is 2.69 bits per heavy atom. The Balaban J connectivity index is 2.05. The van der Waals surface area contributed by atoms with Gasteiger partial charge in [-0.1, -0.05) is 33.8 Å². The van der Waals surface area contributed by atoms with E-state index >= 15 is 0 Å². The minimum absolute atomic E-state index is 0.482. The topological polar surface area (TPSA) is 12.0 Å². The van der Waals surface area contributed by atoms with E-state index < -0.39 is 0 Å². The molecule has 0 aromatic carbocycles. The molecule has 1 saturated carbocycles. The standard InChI is InChI=1S/C14H23NS/c1-10(2)14(13-6-5-7-16-13)8-12(14)9-15-11(3)4/h5-7,10-12,15H,8-9H2,1-4H3. The van der Waals surface area contributed by atoms with Gasteiger partial charge < -0.3 is 5.32 Å². The van der Waals surface area contributed by atoms with Gasteiger partial charge in [-0.25, -0.2) is 0 Å². The molecule has 1 aromatic rings. The van der Waals surface area contributed by atoms with E-state index in [4.69, 9.17) is 0 Å². The zero-order valence-electron chi connectivity index (χ0n) is 10.8. The predicted molar refractivity (Wildman–Crippen MR) is 72.1 cm³/mol. The van der Waals surface area contributed by atoms with E-state index in [1.54, 1.807) is 4.88 Å². The highest BCUT2D eigenvalue weighted by Crippen LogP contribution is 2.59. The van der Waals surface area contributed by atoms with Gasteiger partial charge in [0.1, 0.15) is 0 Å². The molecule has 1 aliphatic rings. The molecule has 0 radical (unpaired) electrons. The summed E-state index contributed by atoms with van der Waals surface area (Å²) in [6.45, 7) is 10.4. The van der Waals surface area contributed by atoms with Crippen molar-refractivity contribution in [1.29, 1.82) is 0 Å². The maximum Gasteiger partial charge on any atom is 0.0114 e. The van der Waals surface area contributed by atoms with Crippen molar-refractivity contribution in [3.63, 3.8) is 0 Å². The van der Waals surface area contributed by atoms with Crippen molar-refractivity contribution in [3.8, 4) is 0 Å². The first-order valence-corrected chi connectivity index (χ1v) is 7.22. The van der Waals surface area contributed by atoms with Crippen LogP contribution in [0, 0.1) is 11.8 Å². The Labute approximate surface area is 103 Å². The molecule has 1 fully saturated rings. The predicted octanol–water partition coefficient (Wildman–Crippen LogP) is 3.66. The van der Waals surface area contributed by atoms with Crippen molar-refractivity contribution in [3.05, 3.63) is 22.4 Å². The largest absolute Gasteiger partial charge is 0.314 e. The molecule has 0 bridgehead atoms. The molecular formula is C14H23NS. The van der Waals surface area contributed by atoms with Crippen molar-refractivity contribution in [1.82, 2.24) is 5.32 Å². The summed E-state index contributed by atoms with van der Waals surface area (Å²) >= 11 is 1.93. The van der Waals surface area contributed by atoms with Gasteiger partial charge in [-0.15, -0.1) is 11.3 Å². The Kier molecular flexibility index (Phi) is 3.41. The number of nitrogens with one attached hydrogen (secondary N) is 1. The summed E-state index contributed by atoms with van der Waals surface area (Å²) < 4.78 is 0. The van der Waals surface area contributed by atoms with E-state index in [-0.39, 0.29) is 0 Å². The summed E-state index contributed by atoms with van der Waals surface area (Å²) in [7, 11) is 0. The maximum atomic E-state index is 3.58. The summed E-state index contributed by atoms with van der Waals surface area (Å²) in [6, 6.07) is 5.11. The molecule has 0 saturated heterocycles. The Hall–Kier alpha value is -0.340. The molecule has 0 aliphatic heterocycles. The molecule has 2 atom stereocenters. The number of hydrogen-bond donors (Lipinski definition) is 1. The first-order valence-electron chi connectivity index (χ1n) is 6.34. The van der Waals surface area contributed by atoms with Crippen molar-refractivity contribution in [2.75, 3.05) is 6.54 Å². The van der Waals surface area contributed by atoms with Gasteiger partial charge >= 0.3 is 0 Å². The average Bonchev–Trinajstić information content (AvgIpc) is 2.69. The Morgan fingerprint density at radius 1 is 1.44 bits per heavy atom. The molecule has 1 N–H and O–H groups in total. The first-order chi connectivity index (χ1) is 7.57. The van der Waals surface area contributed by atoms with Crippen LogP contribution in [0.2, 0.25) is 0 Å². The third-order valence-electron chi connectivity index (χ3n) is 3.94. The van der Waals surface area contributed by atoms with Crippen LogP contribution in [0.1, 0.15) is 39.0 Å². The second kappa shape index (κ2) is 4.50. The van der Waals surface area contributed by atoms with Crippen LogP contribution in [0.15, 0.2) is 17.5 Å². The van der Waals surface area contributed by atoms with Crippen molar-refractivity contribution in [2.45, 2.75) is 45.6 Å². The van der Waals surface area contributed by atoms with E-state index in [0.29, 0.717) is 11.5 Å². The first kappa shape index (κ1) is 12.1. The van der Waals surface area contributed by atoms with Gasteiger partial charge in [-0.3, -0.25) is 0 Å². The quantitative estimate of drug-likeness (QED) is 0.824. The summed E-state index contributed by atoms with van der Waals surface area (Å²) in [5.74, 6) is 1.60. The monoisotopic (exact) mass is 237 g/mol. The molecule has 90 valence electrons. The van der Waals surface area contributed by atoms with E-state index in [9.17, 15) is 0 Å². The van der Waals surface area contributed by atoms with E-state index in [1.165, 1.54) is 13.0 Å². The van der Waals surface area contributed by atoms with Crippen LogP contribution in [0.4, 0.5) is 0 Å². The van der Waals surface area contributed by atoms with Crippen LogP contribution in [0.25, 0.3) is 0 Å². The van der Waals surface area contributed by atoms with Gasteiger partial charge in [-0.05, 0) is 36.2 Å². The molecule has 0 amide bonds. The van der Waals surface area contributed by atoms with Gasteiger partial charge in [-0.2, -0.15) is 0 Å². The highest BCUT2D eigenvalue weighted by Gasteiger charge is 2.57. The normalized spacial score (nSPS) is 29.0. The van der Waals surface area contributed by atoms with Crippen molar-refractivity contribution < 1.29 is 0 Å². The van der Waals surface area contributed by atoms with Crippen LogP contribution in [-0.4, -0.2) is 12.6 Å². The highest BCUT2D eigenvalue weighted by molar-refractivity contribution is 7.10. The average molecular weight is 237 g/mol. The lowest BCUT2D eigenvalue weighted by molar-refractivity contribution is 0.426. The van der Waals surface area contributed by atoms with Gasteiger partial charge in [0, 0.05) is 16.3 Å². The fraction of sp³-hybridized carbons (Fsp3) is 0.714. The van der Waals surface area contributed by atoms with Crippen LogP contribution in [0.5, 0.6) is 0 Å². The molecule has 2 heteroatoms. The third-order valence-corrected chi connectivity index (χ3v) is 5.00. The molecule has 0 spiro atoms. The van der Waals surface area contributed by atoms with Gasteiger partial charge in [0.25, 0.3) is 0 Å². The fourth-order valence-electron chi connectivity index (χ4n) is 2.82. The zero-order valence-corrected chi connectivity index (χ0v) is 11.6. The molecule has 1 aliphatic carbocycles. The summed E-state index contributed by atoms with van der Waals surface area (Å²) in [5.41, 5.74) is 0.482. The molecule has 2 rings (SSSR count). The van der Waals surface area contributed by atoms with Crippen molar-refractivity contribution >= 4 is 11.3 Å². The van der Waals surface area contributed by atoms with Gasteiger partial charge in [0.05, 0.1) is 0 Å². The molecule has 1 aromatic heterocycles. The Morgan fingerprint density at radius 2 is 2.19 bits per heavy atom. The Bertz CT molecular complexity index is 329. The lowest BCUT2D eigenvalue weighted by atomic mass is 9.88. The van der Waals surface area contributed by atoms with Gasteiger partial charge in [0.2, 0.25) is 0 Å². The lowest BCUT2D eigenvalue weighted by Crippen LogP contribution is -2.28. The number of rotatable bonds is 5. The SMILES string of the molecule is CC(C)NCC1CC1(c1cccs1)C(C)C. The highest BCUT2D eigenvalue weighted by atomic mass is 32.1. The third kappa shape index (κ3) is 2.05. The van der Waals surface area contributed by atoms with E-state index in [2.05, 4.69) is 50.5 Å². The van der Waals surface area contributed by atoms with E-state index in [0.717, 1.165) is 11.8 Å². The summed E-state index contributed by atoms with van der Waals surface area (Å²) in [6.07, 6.45) is 1.37. The fourth-order valence-corrected chi connectivity index (χ4v) is 3.98. The molecule has 2 unspecified atom stereocenters. The molecule has 1 nitrogen and oxygen atoms in total. The van der Waals surface area contributed by atoms with Crippen LogP contribution < -0.4 is 5.32 Å². The van der Waals surface area contributed by atoms with Crippen LogP contribution >= 0.6 is 11.3 Å². The molecule has 16 heavy (non-hydrogen) atoms. The van der Waals surface area contributed by atoms with Crippen molar-refractivity contribution in [2.24, 2.45) is 11.8 Å². The van der Waals surface area contributed by atoms with Crippen LogP contribution in [-0.2, 0) is 5.41 Å². The summed E-state index contributed by atoms with van der Waals surface area (Å²) in [5, 5.41) is 5.80. The minimum atomic E-state index is 0.482. The van der Waals surface area contributed by atoms with Crippen LogP contribution in [0.3, 0.4) is 0 Å². The summed E-state index contributed by atoms with van der Waals surface area (Å²) in [4.78, 5) is 1.60. The molecule has 1 heterocycles. The number of hydrogen-bond acceptors (Lipinski definition) is 2. The second-order valence-electron chi connectivity index (χ2n) is 5.64. The van der Waals surface area contributed by atoms with E-state index in [1.807, 2.05) is 11.3 Å². The molecular weight excluding hydrogens is 214 g/mol. The smallest absolute Gasteiger partial charge is 0.0114 e. The maximum absolute atomic E-state index is 3.58. The minimum Gasteiger partial charge on any atom is -0.314 e. The van der Waals surface area contributed by atoms with Gasteiger partial charge in [0.15, 0.2) is 0 Å². The lowest BCUT2D eigenvalue weighted by Gasteiger charge is -2.21. The zero-order chi connectivity index (χ0) is 11.8.